The molecule has 0 saturated heterocycles. The summed E-state index contributed by atoms with van der Waals surface area (Å²) in [5.41, 5.74) is 0.0197. The second kappa shape index (κ2) is 6.19. The SMILES string of the molecule is CCC(C)(CC)N1C(=O)c2cc(C=O)c(C(=O)N(C)C)cc2C1=O. The molecule has 0 aliphatic carbocycles. The molecule has 128 valence electrons. The number of aldehydes is 1. The maximum atomic E-state index is 12.8. The standard InChI is InChI=1S/C18H22N2O4/c1-6-18(3,7-2)20-16(23)13-8-11(10-21)12(15(22)19(4)5)9-14(13)17(20)24/h8-10H,6-7H2,1-5H3. The van der Waals surface area contributed by atoms with E-state index in [1.165, 1.54) is 21.9 Å². The van der Waals surface area contributed by atoms with Crippen molar-refractivity contribution in [3.63, 3.8) is 0 Å². The number of carbonyl (C=O) groups is 4. The highest BCUT2D eigenvalue weighted by molar-refractivity contribution is 6.23. The van der Waals surface area contributed by atoms with Gasteiger partial charge in [0.15, 0.2) is 6.29 Å². The van der Waals surface area contributed by atoms with Crippen LogP contribution in [0.2, 0.25) is 0 Å². The molecule has 2 rings (SSSR count). The van der Waals surface area contributed by atoms with Crippen LogP contribution in [0, 0.1) is 0 Å². The van der Waals surface area contributed by atoms with Crippen LogP contribution in [-0.4, -0.2) is 53.4 Å². The summed E-state index contributed by atoms with van der Waals surface area (Å²) < 4.78 is 0. The van der Waals surface area contributed by atoms with Gasteiger partial charge in [-0.25, -0.2) is 0 Å². The Morgan fingerprint density at radius 2 is 1.62 bits per heavy atom. The van der Waals surface area contributed by atoms with Crippen molar-refractivity contribution >= 4 is 24.0 Å². The topological polar surface area (TPSA) is 74.8 Å². The van der Waals surface area contributed by atoms with Crippen molar-refractivity contribution in [1.82, 2.24) is 9.80 Å². The van der Waals surface area contributed by atoms with Crippen LogP contribution in [0.15, 0.2) is 12.1 Å². The molecule has 0 spiro atoms. The minimum Gasteiger partial charge on any atom is -0.345 e. The number of benzene rings is 1. The first-order valence-corrected chi connectivity index (χ1v) is 7.95. The summed E-state index contributed by atoms with van der Waals surface area (Å²) >= 11 is 0. The van der Waals surface area contributed by atoms with Gasteiger partial charge < -0.3 is 4.90 Å². The molecule has 1 heterocycles. The normalized spacial score (nSPS) is 14.0. The van der Waals surface area contributed by atoms with Crippen molar-refractivity contribution in [3.8, 4) is 0 Å². The number of amides is 3. The maximum absolute atomic E-state index is 12.8. The predicted molar refractivity (Wildman–Crippen MR) is 89.3 cm³/mol. The largest absolute Gasteiger partial charge is 0.345 e. The lowest BCUT2D eigenvalue weighted by Gasteiger charge is -2.35. The lowest BCUT2D eigenvalue weighted by molar-refractivity contribution is 0.0434. The number of carbonyl (C=O) groups excluding carboxylic acids is 4. The van der Waals surface area contributed by atoms with Crippen molar-refractivity contribution in [2.45, 2.75) is 39.2 Å². The van der Waals surface area contributed by atoms with Gasteiger partial charge in [0.2, 0.25) is 0 Å². The van der Waals surface area contributed by atoms with Gasteiger partial charge in [-0.05, 0) is 31.9 Å². The van der Waals surface area contributed by atoms with Crippen molar-refractivity contribution in [1.29, 1.82) is 0 Å². The number of fused-ring (bicyclic) bond motifs is 1. The van der Waals surface area contributed by atoms with Crippen LogP contribution in [-0.2, 0) is 0 Å². The van der Waals surface area contributed by atoms with Crippen molar-refractivity contribution in [2.75, 3.05) is 14.1 Å². The fourth-order valence-corrected chi connectivity index (χ4v) is 2.88. The van der Waals surface area contributed by atoms with Gasteiger partial charge in [-0.2, -0.15) is 0 Å². The molecule has 0 atom stereocenters. The van der Waals surface area contributed by atoms with Crippen molar-refractivity contribution in [3.05, 3.63) is 34.4 Å². The molecule has 6 nitrogen and oxygen atoms in total. The van der Waals surface area contributed by atoms with Crippen LogP contribution in [0.4, 0.5) is 0 Å². The zero-order valence-electron chi connectivity index (χ0n) is 14.7. The van der Waals surface area contributed by atoms with Gasteiger partial charge in [0.05, 0.1) is 16.7 Å². The zero-order chi connectivity index (χ0) is 18.2. The Morgan fingerprint density at radius 1 is 1.12 bits per heavy atom. The first-order valence-electron chi connectivity index (χ1n) is 7.95. The lowest BCUT2D eigenvalue weighted by atomic mass is 9.93. The highest BCUT2D eigenvalue weighted by Gasteiger charge is 2.45. The Morgan fingerprint density at radius 3 is 2.04 bits per heavy atom. The zero-order valence-corrected chi connectivity index (χ0v) is 14.7. The van der Waals surface area contributed by atoms with Crippen LogP contribution >= 0.6 is 0 Å². The van der Waals surface area contributed by atoms with E-state index in [1.54, 1.807) is 14.1 Å². The Kier molecular flexibility index (Phi) is 4.60. The Hall–Kier alpha value is -2.50. The Labute approximate surface area is 141 Å². The van der Waals surface area contributed by atoms with Gasteiger partial charge in [-0.3, -0.25) is 24.1 Å². The highest BCUT2D eigenvalue weighted by Crippen LogP contribution is 2.34. The second-order valence-electron chi connectivity index (χ2n) is 6.45. The van der Waals surface area contributed by atoms with E-state index in [1.807, 2.05) is 20.8 Å². The molecule has 1 aromatic carbocycles. The van der Waals surface area contributed by atoms with Crippen LogP contribution in [0.5, 0.6) is 0 Å². The molecule has 1 aromatic rings. The molecule has 6 heteroatoms. The van der Waals surface area contributed by atoms with Gasteiger partial charge in [0.25, 0.3) is 17.7 Å². The summed E-state index contributed by atoms with van der Waals surface area (Å²) in [4.78, 5) is 51.8. The van der Waals surface area contributed by atoms with E-state index in [0.717, 1.165) is 0 Å². The molecule has 0 aromatic heterocycles. The fourth-order valence-electron chi connectivity index (χ4n) is 2.88. The van der Waals surface area contributed by atoms with Crippen LogP contribution < -0.4 is 0 Å². The third-order valence-electron chi connectivity index (χ3n) is 4.88. The van der Waals surface area contributed by atoms with E-state index < -0.39 is 17.4 Å². The number of nitrogens with zero attached hydrogens (tertiary/aromatic N) is 2. The lowest BCUT2D eigenvalue weighted by Crippen LogP contribution is -2.48. The van der Waals surface area contributed by atoms with E-state index in [0.29, 0.717) is 19.1 Å². The summed E-state index contributed by atoms with van der Waals surface area (Å²) in [5, 5.41) is 0. The summed E-state index contributed by atoms with van der Waals surface area (Å²) in [7, 11) is 3.13. The third kappa shape index (κ3) is 2.52. The maximum Gasteiger partial charge on any atom is 0.262 e. The molecular formula is C18H22N2O4. The average Bonchev–Trinajstić information content (AvgIpc) is 2.83. The van der Waals surface area contributed by atoms with Crippen molar-refractivity contribution in [2.24, 2.45) is 0 Å². The van der Waals surface area contributed by atoms with Crippen molar-refractivity contribution < 1.29 is 19.2 Å². The fraction of sp³-hybridized carbons (Fsp3) is 0.444. The van der Waals surface area contributed by atoms with E-state index in [9.17, 15) is 19.2 Å². The minimum absolute atomic E-state index is 0.116. The summed E-state index contributed by atoms with van der Waals surface area (Å²) in [6.45, 7) is 5.71. The molecule has 0 fully saturated rings. The van der Waals surface area contributed by atoms with E-state index in [4.69, 9.17) is 0 Å². The monoisotopic (exact) mass is 330 g/mol. The van der Waals surface area contributed by atoms with Gasteiger partial charge >= 0.3 is 0 Å². The quantitative estimate of drug-likeness (QED) is 0.613. The number of hydrogen-bond acceptors (Lipinski definition) is 4. The van der Waals surface area contributed by atoms with Gasteiger partial charge in [-0.1, -0.05) is 13.8 Å². The molecule has 0 unspecified atom stereocenters. The number of imide groups is 1. The number of rotatable bonds is 5. The first-order chi connectivity index (χ1) is 11.2. The smallest absolute Gasteiger partial charge is 0.262 e. The van der Waals surface area contributed by atoms with Gasteiger partial charge in [0.1, 0.15) is 0 Å². The van der Waals surface area contributed by atoms with E-state index in [2.05, 4.69) is 0 Å². The molecule has 3 amide bonds. The molecule has 1 aliphatic rings. The van der Waals surface area contributed by atoms with E-state index >= 15 is 0 Å². The first kappa shape index (κ1) is 17.8. The average molecular weight is 330 g/mol. The predicted octanol–water partition coefficient (Wildman–Crippen LogP) is 2.38. The summed E-state index contributed by atoms with van der Waals surface area (Å²) in [6, 6.07) is 2.72. The molecule has 0 radical (unpaired) electrons. The second-order valence-corrected chi connectivity index (χ2v) is 6.45. The minimum atomic E-state index is -0.597. The Bertz CT molecular complexity index is 733. The van der Waals surface area contributed by atoms with Gasteiger partial charge in [0, 0.05) is 25.2 Å². The Balaban J connectivity index is 2.64. The molecule has 0 bridgehead atoms. The molecule has 24 heavy (non-hydrogen) atoms. The highest BCUT2D eigenvalue weighted by atomic mass is 16.2. The van der Waals surface area contributed by atoms with E-state index in [-0.39, 0.29) is 28.2 Å². The molecule has 0 N–H and O–H groups in total. The van der Waals surface area contributed by atoms with Crippen LogP contribution in [0.3, 0.4) is 0 Å². The molecule has 0 saturated carbocycles. The summed E-state index contributed by atoms with van der Waals surface area (Å²) in [6.07, 6.45) is 1.79. The van der Waals surface area contributed by atoms with Crippen LogP contribution in [0.25, 0.3) is 0 Å². The third-order valence-corrected chi connectivity index (χ3v) is 4.88. The number of hydrogen-bond donors (Lipinski definition) is 0. The van der Waals surface area contributed by atoms with Gasteiger partial charge in [-0.15, -0.1) is 0 Å². The molecule has 1 aliphatic heterocycles. The molecular weight excluding hydrogens is 308 g/mol. The van der Waals surface area contributed by atoms with Crippen LogP contribution in [0.1, 0.15) is 75.0 Å². The summed E-state index contributed by atoms with van der Waals surface area (Å²) in [5.74, 6) is -1.20.